The molecular formula is C20H32N2O4S. The van der Waals surface area contributed by atoms with E-state index in [0.29, 0.717) is 18.7 Å². The van der Waals surface area contributed by atoms with Gasteiger partial charge < -0.3 is 10.1 Å². The summed E-state index contributed by atoms with van der Waals surface area (Å²) in [6.07, 6.45) is 4.07. The monoisotopic (exact) mass is 396 g/mol. The van der Waals surface area contributed by atoms with Gasteiger partial charge in [0.05, 0.1) is 17.1 Å². The zero-order valence-electron chi connectivity index (χ0n) is 16.8. The maximum atomic E-state index is 12.9. The highest BCUT2D eigenvalue weighted by Crippen LogP contribution is 2.21. The minimum absolute atomic E-state index is 0.101. The summed E-state index contributed by atoms with van der Waals surface area (Å²) >= 11 is 0. The third-order valence-electron chi connectivity index (χ3n) is 4.76. The first-order valence-corrected chi connectivity index (χ1v) is 11.2. The average molecular weight is 397 g/mol. The van der Waals surface area contributed by atoms with E-state index in [4.69, 9.17) is 4.74 Å². The Morgan fingerprint density at radius 2 is 1.78 bits per heavy atom. The van der Waals surface area contributed by atoms with Gasteiger partial charge in [-0.3, -0.25) is 4.79 Å². The smallest absolute Gasteiger partial charge is 0.251 e. The van der Waals surface area contributed by atoms with Crippen molar-refractivity contribution in [2.75, 3.05) is 13.1 Å². The fraction of sp³-hybridized carbons (Fsp3) is 0.650. The molecule has 1 saturated heterocycles. The molecule has 0 aliphatic carbocycles. The quantitative estimate of drug-likeness (QED) is 0.685. The lowest BCUT2D eigenvalue weighted by Gasteiger charge is -2.34. The molecule has 0 bridgehead atoms. The van der Waals surface area contributed by atoms with Gasteiger partial charge in [0, 0.05) is 24.7 Å². The van der Waals surface area contributed by atoms with E-state index in [0.717, 1.165) is 25.7 Å². The van der Waals surface area contributed by atoms with Gasteiger partial charge in [0.1, 0.15) is 0 Å². The Kier molecular flexibility index (Phi) is 7.82. The van der Waals surface area contributed by atoms with Crippen LogP contribution in [0.1, 0.15) is 63.7 Å². The maximum absolute atomic E-state index is 12.9. The van der Waals surface area contributed by atoms with Crippen LogP contribution in [0.3, 0.4) is 0 Å². The van der Waals surface area contributed by atoms with Crippen molar-refractivity contribution in [1.82, 2.24) is 9.62 Å². The van der Waals surface area contributed by atoms with Crippen LogP contribution < -0.4 is 5.32 Å². The Balaban J connectivity index is 2.02. The number of morpholine rings is 1. The summed E-state index contributed by atoms with van der Waals surface area (Å²) in [4.78, 5) is 12.6. The summed E-state index contributed by atoms with van der Waals surface area (Å²) in [5, 5.41) is 2.97. The zero-order chi connectivity index (χ0) is 20.0. The van der Waals surface area contributed by atoms with Gasteiger partial charge in [-0.05, 0) is 51.5 Å². The number of hydrogen-bond donors (Lipinski definition) is 1. The normalized spacial score (nSPS) is 22.4. The summed E-state index contributed by atoms with van der Waals surface area (Å²) < 4.78 is 32.8. The van der Waals surface area contributed by atoms with Crippen LogP contribution in [0, 0.1) is 0 Å². The number of nitrogens with one attached hydrogen (secondary N) is 1. The number of carbonyl (C=O) groups excluding carboxylic acids is 1. The summed E-state index contributed by atoms with van der Waals surface area (Å²) in [5.74, 6) is -0.170. The molecule has 0 radical (unpaired) electrons. The lowest BCUT2D eigenvalue weighted by Crippen LogP contribution is -2.48. The number of nitrogens with zero attached hydrogens (tertiary/aromatic N) is 1. The van der Waals surface area contributed by atoms with Crippen LogP contribution >= 0.6 is 0 Å². The average Bonchev–Trinajstić information content (AvgIpc) is 2.61. The molecule has 2 rings (SSSR count). The number of rotatable bonds is 8. The lowest BCUT2D eigenvalue weighted by molar-refractivity contribution is -0.0440. The number of unbranched alkanes of at least 4 members (excludes halogenated alkanes) is 2. The molecule has 7 heteroatoms. The minimum atomic E-state index is -3.59. The summed E-state index contributed by atoms with van der Waals surface area (Å²) in [6, 6.07) is 6.28. The number of sulfonamides is 1. The summed E-state index contributed by atoms with van der Waals surface area (Å²) in [7, 11) is -3.59. The van der Waals surface area contributed by atoms with Crippen LogP contribution in [-0.4, -0.2) is 50.0 Å². The Morgan fingerprint density at radius 1 is 1.19 bits per heavy atom. The van der Waals surface area contributed by atoms with Crippen LogP contribution in [0.4, 0.5) is 0 Å². The molecule has 0 saturated carbocycles. The highest BCUT2D eigenvalue weighted by Gasteiger charge is 2.32. The minimum Gasteiger partial charge on any atom is -0.373 e. The number of carbonyl (C=O) groups is 1. The first-order chi connectivity index (χ1) is 12.7. The fourth-order valence-electron chi connectivity index (χ4n) is 3.33. The van der Waals surface area contributed by atoms with Crippen LogP contribution in [0.2, 0.25) is 0 Å². The van der Waals surface area contributed by atoms with Gasteiger partial charge in [-0.1, -0.05) is 26.2 Å². The van der Waals surface area contributed by atoms with Crippen molar-refractivity contribution < 1.29 is 17.9 Å². The third kappa shape index (κ3) is 6.02. The standard InChI is InChI=1S/C20H32N2O4S/c1-5-6-7-8-15(2)21-20(23)18-9-11-19(12-10-18)27(24,25)22-13-16(3)26-17(4)14-22/h9-12,15-17H,5-8,13-14H2,1-4H3,(H,21,23). The van der Waals surface area contributed by atoms with Gasteiger partial charge in [0.25, 0.3) is 5.91 Å². The van der Waals surface area contributed by atoms with E-state index in [-0.39, 0.29) is 29.1 Å². The van der Waals surface area contributed by atoms with Crippen molar-refractivity contribution in [1.29, 1.82) is 0 Å². The van der Waals surface area contributed by atoms with Crippen molar-refractivity contribution in [2.45, 2.75) is 76.5 Å². The molecule has 3 unspecified atom stereocenters. The first-order valence-electron chi connectivity index (χ1n) is 9.80. The van der Waals surface area contributed by atoms with Crippen LogP contribution in [-0.2, 0) is 14.8 Å². The number of amides is 1. The van der Waals surface area contributed by atoms with E-state index in [1.807, 2.05) is 20.8 Å². The van der Waals surface area contributed by atoms with Crippen LogP contribution in [0.15, 0.2) is 29.2 Å². The maximum Gasteiger partial charge on any atom is 0.251 e. The van der Waals surface area contributed by atoms with Crippen molar-refractivity contribution >= 4 is 15.9 Å². The Labute approximate surface area is 163 Å². The molecule has 27 heavy (non-hydrogen) atoms. The van der Waals surface area contributed by atoms with Crippen molar-refractivity contribution in [2.24, 2.45) is 0 Å². The van der Waals surface area contributed by atoms with E-state index >= 15 is 0 Å². The molecule has 0 spiro atoms. The van der Waals surface area contributed by atoms with E-state index in [9.17, 15) is 13.2 Å². The molecule has 1 aliphatic heterocycles. The molecule has 1 N–H and O–H groups in total. The van der Waals surface area contributed by atoms with Gasteiger partial charge in [-0.25, -0.2) is 8.42 Å². The molecule has 1 aliphatic rings. The molecule has 1 aromatic rings. The fourth-order valence-corrected chi connectivity index (χ4v) is 4.92. The van der Waals surface area contributed by atoms with Gasteiger partial charge >= 0.3 is 0 Å². The van der Waals surface area contributed by atoms with E-state index in [2.05, 4.69) is 12.2 Å². The van der Waals surface area contributed by atoms with Crippen LogP contribution in [0.25, 0.3) is 0 Å². The third-order valence-corrected chi connectivity index (χ3v) is 6.60. The van der Waals surface area contributed by atoms with Crippen molar-refractivity contribution in [3.63, 3.8) is 0 Å². The Hall–Kier alpha value is -1.44. The zero-order valence-corrected chi connectivity index (χ0v) is 17.6. The molecular weight excluding hydrogens is 364 g/mol. The largest absolute Gasteiger partial charge is 0.373 e. The molecule has 6 nitrogen and oxygen atoms in total. The van der Waals surface area contributed by atoms with Crippen LogP contribution in [0.5, 0.6) is 0 Å². The second-order valence-electron chi connectivity index (χ2n) is 7.47. The predicted octanol–water partition coefficient (Wildman–Crippen LogP) is 3.18. The van der Waals surface area contributed by atoms with Crippen molar-refractivity contribution in [3.8, 4) is 0 Å². The number of ether oxygens (including phenoxy) is 1. The molecule has 3 atom stereocenters. The van der Waals surface area contributed by atoms with Gasteiger partial charge in [-0.2, -0.15) is 4.31 Å². The highest BCUT2D eigenvalue weighted by atomic mass is 32.2. The van der Waals surface area contributed by atoms with Gasteiger partial charge in [-0.15, -0.1) is 0 Å². The Bertz CT molecular complexity index is 708. The number of hydrogen-bond acceptors (Lipinski definition) is 4. The lowest BCUT2D eigenvalue weighted by atomic mass is 10.1. The van der Waals surface area contributed by atoms with E-state index in [1.54, 1.807) is 12.1 Å². The second kappa shape index (κ2) is 9.66. The molecule has 1 amide bonds. The highest BCUT2D eigenvalue weighted by molar-refractivity contribution is 7.89. The van der Waals surface area contributed by atoms with Crippen molar-refractivity contribution in [3.05, 3.63) is 29.8 Å². The first kappa shape index (κ1) is 21.9. The summed E-state index contributed by atoms with van der Waals surface area (Å²) in [5.41, 5.74) is 0.472. The molecule has 152 valence electrons. The van der Waals surface area contributed by atoms with Gasteiger partial charge in [0.15, 0.2) is 0 Å². The molecule has 1 fully saturated rings. The SMILES string of the molecule is CCCCCC(C)NC(=O)c1ccc(S(=O)(=O)N2CC(C)OC(C)C2)cc1. The van der Waals surface area contributed by atoms with Gasteiger partial charge in [0.2, 0.25) is 10.0 Å². The molecule has 0 aromatic heterocycles. The van der Waals surface area contributed by atoms with E-state index < -0.39 is 10.0 Å². The number of benzene rings is 1. The second-order valence-corrected chi connectivity index (χ2v) is 9.41. The Morgan fingerprint density at radius 3 is 2.33 bits per heavy atom. The summed E-state index contributed by atoms with van der Waals surface area (Å²) in [6.45, 7) is 8.55. The predicted molar refractivity (Wildman–Crippen MR) is 106 cm³/mol. The molecule has 1 heterocycles. The topological polar surface area (TPSA) is 75.7 Å². The van der Waals surface area contributed by atoms with E-state index in [1.165, 1.54) is 16.4 Å². The molecule has 1 aromatic carbocycles.